The molecule has 2 aromatic carbocycles. The van der Waals surface area contributed by atoms with Crippen LogP contribution < -0.4 is 10.6 Å². The van der Waals surface area contributed by atoms with Crippen LogP contribution in [0.3, 0.4) is 0 Å². The third kappa shape index (κ3) is 2.58. The lowest BCUT2D eigenvalue weighted by Gasteiger charge is -2.18. The molecule has 1 aliphatic heterocycles. The highest BCUT2D eigenvalue weighted by atomic mass is 16.1. The number of carbonyl (C=O) groups is 1. The van der Waals surface area contributed by atoms with Gasteiger partial charge in [0.1, 0.15) is 0 Å². The molecule has 3 aromatic rings. The number of hydrogen-bond donors (Lipinski definition) is 1. The molecule has 5 nitrogen and oxygen atoms in total. The summed E-state index contributed by atoms with van der Waals surface area (Å²) in [7, 11) is 0. The van der Waals surface area contributed by atoms with E-state index in [4.69, 9.17) is 15.7 Å². The molecule has 1 aromatic heterocycles. The van der Waals surface area contributed by atoms with Gasteiger partial charge < -0.3 is 10.6 Å². The van der Waals surface area contributed by atoms with Crippen LogP contribution in [0.1, 0.15) is 6.42 Å². The smallest absolute Gasteiger partial charge is 0.226 e. The van der Waals surface area contributed by atoms with Gasteiger partial charge in [0.2, 0.25) is 11.9 Å². The molecular weight excluding hydrogens is 300 g/mol. The molecule has 120 valence electrons. The predicted octanol–water partition coefficient (Wildman–Crippen LogP) is 2.61. The first-order valence-electron chi connectivity index (χ1n) is 8.09. The van der Waals surface area contributed by atoms with E-state index < -0.39 is 0 Å². The lowest BCUT2D eigenvalue weighted by atomic mass is 10.1. The Bertz CT molecular complexity index is 894. The first-order chi connectivity index (χ1) is 11.7. The zero-order chi connectivity index (χ0) is 16.5. The van der Waals surface area contributed by atoms with Crippen molar-refractivity contribution < 1.29 is 4.79 Å². The standard InChI is InChI=1S/C19H18N4O/c20-18(24)14-10-11-23(12-14)19-21-16-9-5-4-8-15(16)17(22-19)13-6-2-1-3-7-13/h1-9,14H,10-12H2,(H2,20,24). The number of fused-ring (bicyclic) bond motifs is 1. The summed E-state index contributed by atoms with van der Waals surface area (Å²) in [5, 5.41) is 1.03. The number of nitrogens with two attached hydrogens (primary N) is 1. The van der Waals surface area contributed by atoms with E-state index in [-0.39, 0.29) is 11.8 Å². The molecule has 1 saturated heterocycles. The number of rotatable bonds is 3. The van der Waals surface area contributed by atoms with Crippen molar-refractivity contribution in [2.75, 3.05) is 18.0 Å². The van der Waals surface area contributed by atoms with Crippen molar-refractivity contribution in [2.24, 2.45) is 11.7 Å². The monoisotopic (exact) mass is 318 g/mol. The van der Waals surface area contributed by atoms with E-state index in [1.54, 1.807) is 0 Å². The van der Waals surface area contributed by atoms with Crippen LogP contribution in [-0.2, 0) is 4.79 Å². The second kappa shape index (κ2) is 5.92. The highest BCUT2D eigenvalue weighted by molar-refractivity contribution is 5.93. The van der Waals surface area contributed by atoms with Crippen LogP contribution in [0.15, 0.2) is 54.6 Å². The lowest BCUT2D eigenvalue weighted by Crippen LogP contribution is -2.28. The zero-order valence-electron chi connectivity index (χ0n) is 13.2. The highest BCUT2D eigenvalue weighted by Gasteiger charge is 2.28. The van der Waals surface area contributed by atoms with E-state index in [1.807, 2.05) is 47.4 Å². The summed E-state index contributed by atoms with van der Waals surface area (Å²) in [6, 6.07) is 18.1. The lowest BCUT2D eigenvalue weighted by molar-refractivity contribution is -0.121. The minimum absolute atomic E-state index is 0.125. The predicted molar refractivity (Wildman–Crippen MR) is 94.5 cm³/mol. The van der Waals surface area contributed by atoms with Gasteiger partial charge in [0.05, 0.1) is 17.1 Å². The first kappa shape index (κ1) is 14.6. The molecule has 24 heavy (non-hydrogen) atoms. The highest BCUT2D eigenvalue weighted by Crippen LogP contribution is 2.29. The number of primary amides is 1. The van der Waals surface area contributed by atoms with Crippen LogP contribution in [0.2, 0.25) is 0 Å². The molecule has 1 aliphatic rings. The van der Waals surface area contributed by atoms with Crippen molar-refractivity contribution in [3.8, 4) is 11.3 Å². The minimum Gasteiger partial charge on any atom is -0.369 e. The van der Waals surface area contributed by atoms with Crippen molar-refractivity contribution in [1.29, 1.82) is 0 Å². The number of para-hydroxylation sites is 1. The van der Waals surface area contributed by atoms with Crippen LogP contribution in [0, 0.1) is 5.92 Å². The van der Waals surface area contributed by atoms with Gasteiger partial charge in [-0.1, -0.05) is 48.5 Å². The van der Waals surface area contributed by atoms with Gasteiger partial charge in [-0.25, -0.2) is 9.97 Å². The second-order valence-corrected chi connectivity index (χ2v) is 6.09. The van der Waals surface area contributed by atoms with Gasteiger partial charge in [-0.3, -0.25) is 4.79 Å². The third-order valence-corrected chi connectivity index (χ3v) is 4.51. The van der Waals surface area contributed by atoms with Crippen molar-refractivity contribution in [2.45, 2.75) is 6.42 Å². The molecule has 2 heterocycles. The molecule has 2 N–H and O–H groups in total. The van der Waals surface area contributed by atoms with Crippen LogP contribution in [0.5, 0.6) is 0 Å². The van der Waals surface area contributed by atoms with Gasteiger partial charge in [0.25, 0.3) is 0 Å². The molecule has 1 unspecified atom stereocenters. The van der Waals surface area contributed by atoms with Gasteiger partial charge >= 0.3 is 0 Å². The average molecular weight is 318 g/mol. The first-order valence-corrected chi connectivity index (χ1v) is 8.09. The number of amides is 1. The molecule has 5 heteroatoms. The molecule has 4 rings (SSSR count). The quantitative estimate of drug-likeness (QED) is 0.806. The topological polar surface area (TPSA) is 72.1 Å². The number of benzene rings is 2. The molecule has 0 radical (unpaired) electrons. The molecule has 0 aliphatic carbocycles. The Morgan fingerprint density at radius 2 is 1.79 bits per heavy atom. The third-order valence-electron chi connectivity index (χ3n) is 4.51. The summed E-state index contributed by atoms with van der Waals surface area (Å²) in [4.78, 5) is 23.0. The molecule has 0 saturated carbocycles. The SMILES string of the molecule is NC(=O)C1CCN(c2nc(-c3ccccc3)c3ccccc3n2)C1. The Kier molecular flexibility index (Phi) is 3.61. The number of carbonyl (C=O) groups excluding carboxylic acids is 1. The normalized spacial score (nSPS) is 17.3. The van der Waals surface area contributed by atoms with Crippen LogP contribution >= 0.6 is 0 Å². The summed E-state index contributed by atoms with van der Waals surface area (Å²) in [5.74, 6) is 0.290. The van der Waals surface area contributed by atoms with Crippen molar-refractivity contribution >= 4 is 22.8 Å². The van der Waals surface area contributed by atoms with E-state index in [9.17, 15) is 4.79 Å². The maximum Gasteiger partial charge on any atom is 0.226 e. The largest absolute Gasteiger partial charge is 0.369 e. The fourth-order valence-corrected chi connectivity index (χ4v) is 3.20. The molecule has 1 amide bonds. The van der Waals surface area contributed by atoms with Crippen LogP contribution in [0.4, 0.5) is 5.95 Å². The van der Waals surface area contributed by atoms with Gasteiger partial charge in [-0.15, -0.1) is 0 Å². The number of hydrogen-bond acceptors (Lipinski definition) is 4. The van der Waals surface area contributed by atoms with E-state index in [2.05, 4.69) is 12.1 Å². The van der Waals surface area contributed by atoms with Crippen molar-refractivity contribution in [3.63, 3.8) is 0 Å². The van der Waals surface area contributed by atoms with Crippen molar-refractivity contribution in [3.05, 3.63) is 54.6 Å². The van der Waals surface area contributed by atoms with Gasteiger partial charge in [0, 0.05) is 24.0 Å². The van der Waals surface area contributed by atoms with E-state index in [1.165, 1.54) is 0 Å². The fourth-order valence-electron chi connectivity index (χ4n) is 3.20. The van der Waals surface area contributed by atoms with E-state index >= 15 is 0 Å². The Labute approximate surface area is 140 Å². The Balaban J connectivity index is 1.82. The van der Waals surface area contributed by atoms with Gasteiger partial charge in [-0.05, 0) is 12.5 Å². The summed E-state index contributed by atoms with van der Waals surface area (Å²) < 4.78 is 0. The summed E-state index contributed by atoms with van der Waals surface area (Å²) in [6.07, 6.45) is 0.756. The van der Waals surface area contributed by atoms with Gasteiger partial charge in [0.15, 0.2) is 0 Å². The number of aromatic nitrogens is 2. The molecule has 1 fully saturated rings. The molecule has 1 atom stereocenters. The van der Waals surface area contributed by atoms with Crippen LogP contribution in [-0.4, -0.2) is 29.0 Å². The van der Waals surface area contributed by atoms with Crippen LogP contribution in [0.25, 0.3) is 22.2 Å². The second-order valence-electron chi connectivity index (χ2n) is 6.09. The Morgan fingerprint density at radius 1 is 1.04 bits per heavy atom. The summed E-state index contributed by atoms with van der Waals surface area (Å²) >= 11 is 0. The summed E-state index contributed by atoms with van der Waals surface area (Å²) in [6.45, 7) is 1.34. The molecular formula is C19H18N4O. The summed E-state index contributed by atoms with van der Waals surface area (Å²) in [5.41, 5.74) is 8.32. The fraction of sp³-hybridized carbons (Fsp3) is 0.211. The van der Waals surface area contributed by atoms with Crippen molar-refractivity contribution in [1.82, 2.24) is 9.97 Å². The Hall–Kier alpha value is -2.95. The average Bonchev–Trinajstić information content (AvgIpc) is 3.12. The van der Waals surface area contributed by atoms with E-state index in [0.29, 0.717) is 12.5 Å². The number of nitrogens with zero attached hydrogens (tertiary/aromatic N) is 3. The zero-order valence-corrected chi connectivity index (χ0v) is 13.2. The minimum atomic E-state index is -0.249. The maximum absolute atomic E-state index is 11.4. The van der Waals surface area contributed by atoms with Gasteiger partial charge in [-0.2, -0.15) is 0 Å². The Morgan fingerprint density at radius 3 is 2.54 bits per heavy atom. The maximum atomic E-state index is 11.4. The molecule has 0 bridgehead atoms. The van der Waals surface area contributed by atoms with E-state index in [0.717, 1.165) is 35.1 Å². The molecule has 0 spiro atoms. The number of anilines is 1.